The lowest BCUT2D eigenvalue weighted by atomic mass is 10.0. The van der Waals surface area contributed by atoms with E-state index in [4.69, 9.17) is 4.74 Å². The Balaban J connectivity index is 1.46. The molecule has 1 saturated heterocycles. The number of piperidine rings is 1. The van der Waals surface area contributed by atoms with Crippen molar-refractivity contribution < 1.29 is 13.5 Å². The first kappa shape index (κ1) is 17.5. The van der Waals surface area contributed by atoms with Crippen molar-refractivity contribution in [3.8, 4) is 5.88 Å². The number of nitrogens with zero attached hydrogens (tertiary/aromatic N) is 2. The summed E-state index contributed by atoms with van der Waals surface area (Å²) in [6.45, 7) is 2.09. The molecule has 1 aliphatic carbocycles. The van der Waals surface area contributed by atoms with Crippen LogP contribution in [0.2, 0.25) is 0 Å². The van der Waals surface area contributed by atoms with Crippen LogP contribution in [0.1, 0.15) is 44.1 Å². The third-order valence-corrected chi connectivity index (χ3v) is 5.00. The number of aromatic nitrogens is 1. The molecule has 134 valence electrons. The Bertz CT molecular complexity index is 501. The van der Waals surface area contributed by atoms with Crippen LogP contribution in [-0.2, 0) is 6.54 Å². The van der Waals surface area contributed by atoms with Gasteiger partial charge in [-0.2, -0.15) is 0 Å². The maximum absolute atomic E-state index is 12.4. The predicted octanol–water partition coefficient (Wildman–Crippen LogP) is 3.22. The Morgan fingerprint density at radius 3 is 2.67 bits per heavy atom. The summed E-state index contributed by atoms with van der Waals surface area (Å²) in [4.78, 5) is 6.25. The number of hydrogen-bond donors (Lipinski definition) is 1. The van der Waals surface area contributed by atoms with Gasteiger partial charge >= 0.3 is 0 Å². The second kappa shape index (κ2) is 8.72. The molecule has 0 amide bonds. The number of likely N-dealkylation sites (tertiary alicyclic amines) is 1. The van der Waals surface area contributed by atoms with E-state index >= 15 is 0 Å². The minimum Gasteiger partial charge on any atom is -0.474 e. The van der Waals surface area contributed by atoms with Crippen molar-refractivity contribution in [1.82, 2.24) is 15.2 Å². The van der Waals surface area contributed by atoms with Crippen molar-refractivity contribution >= 4 is 0 Å². The number of pyridine rings is 1. The van der Waals surface area contributed by atoms with Gasteiger partial charge in [-0.1, -0.05) is 6.07 Å². The normalized spacial score (nSPS) is 20.8. The molecule has 0 aromatic carbocycles. The predicted molar refractivity (Wildman–Crippen MR) is 89.4 cm³/mol. The number of nitrogens with one attached hydrogen (secondary N) is 1. The number of halogens is 2. The summed E-state index contributed by atoms with van der Waals surface area (Å²) in [5.41, 5.74) is 1.08. The molecule has 4 nitrogen and oxygen atoms in total. The van der Waals surface area contributed by atoms with Gasteiger partial charge in [0.15, 0.2) is 0 Å². The zero-order chi connectivity index (χ0) is 16.8. The van der Waals surface area contributed by atoms with Crippen molar-refractivity contribution in [2.24, 2.45) is 0 Å². The van der Waals surface area contributed by atoms with Crippen LogP contribution in [0.4, 0.5) is 8.78 Å². The van der Waals surface area contributed by atoms with E-state index in [0.29, 0.717) is 12.1 Å². The lowest BCUT2D eigenvalue weighted by Gasteiger charge is -2.32. The Labute approximate surface area is 142 Å². The van der Waals surface area contributed by atoms with Gasteiger partial charge in [-0.05, 0) is 57.7 Å². The zero-order valence-electron chi connectivity index (χ0n) is 14.1. The first-order chi connectivity index (χ1) is 11.7. The summed E-state index contributed by atoms with van der Waals surface area (Å²) in [5.74, 6) is 0.743. The van der Waals surface area contributed by atoms with E-state index in [9.17, 15) is 8.78 Å². The van der Waals surface area contributed by atoms with Crippen molar-refractivity contribution in [1.29, 1.82) is 0 Å². The van der Waals surface area contributed by atoms with Crippen LogP contribution >= 0.6 is 0 Å². The van der Waals surface area contributed by atoms with Gasteiger partial charge in [-0.15, -0.1) is 0 Å². The monoisotopic (exact) mass is 339 g/mol. The minimum absolute atomic E-state index is 0.102. The third-order valence-electron chi connectivity index (χ3n) is 5.00. The van der Waals surface area contributed by atoms with Crippen LogP contribution in [0.15, 0.2) is 18.3 Å². The minimum atomic E-state index is -2.24. The van der Waals surface area contributed by atoms with Crippen LogP contribution < -0.4 is 10.1 Å². The van der Waals surface area contributed by atoms with Crippen LogP contribution in [-0.4, -0.2) is 48.1 Å². The molecule has 1 aromatic rings. The fourth-order valence-electron chi connectivity index (χ4n) is 3.60. The van der Waals surface area contributed by atoms with Crippen LogP contribution in [0, 0.1) is 0 Å². The fraction of sp³-hybridized carbons (Fsp3) is 0.722. The van der Waals surface area contributed by atoms with Crippen LogP contribution in [0.25, 0.3) is 0 Å². The average molecular weight is 339 g/mol. The van der Waals surface area contributed by atoms with E-state index in [1.165, 1.54) is 12.8 Å². The number of ether oxygens (including phenoxy) is 1. The Hall–Kier alpha value is -1.27. The smallest absolute Gasteiger partial charge is 0.251 e. The largest absolute Gasteiger partial charge is 0.474 e. The van der Waals surface area contributed by atoms with E-state index in [1.54, 1.807) is 6.20 Å². The summed E-state index contributed by atoms with van der Waals surface area (Å²) in [6.07, 6.45) is 6.37. The van der Waals surface area contributed by atoms with Crippen molar-refractivity contribution in [3.05, 3.63) is 23.9 Å². The highest BCUT2D eigenvalue weighted by atomic mass is 19.3. The van der Waals surface area contributed by atoms with Gasteiger partial charge < -0.3 is 10.1 Å². The molecule has 0 atom stereocenters. The van der Waals surface area contributed by atoms with Crippen molar-refractivity contribution in [3.63, 3.8) is 0 Å². The molecule has 24 heavy (non-hydrogen) atoms. The summed E-state index contributed by atoms with van der Waals surface area (Å²) < 4.78 is 30.9. The highest BCUT2D eigenvalue weighted by Gasteiger charge is 2.22. The van der Waals surface area contributed by atoms with Crippen LogP contribution in [0.5, 0.6) is 5.88 Å². The van der Waals surface area contributed by atoms with Gasteiger partial charge in [-0.25, -0.2) is 13.8 Å². The molecule has 1 N–H and O–H groups in total. The van der Waals surface area contributed by atoms with E-state index in [2.05, 4.69) is 16.4 Å². The van der Waals surface area contributed by atoms with Crippen molar-refractivity contribution in [2.45, 2.75) is 63.6 Å². The lowest BCUT2D eigenvalue weighted by Crippen LogP contribution is -2.43. The molecular weight excluding hydrogens is 312 g/mol. The fourth-order valence-corrected chi connectivity index (χ4v) is 3.60. The SMILES string of the molecule is FC(F)CN1CCC(NCc2cccnc2OC2CCCC2)CC1. The molecule has 1 aliphatic heterocycles. The van der Waals surface area contributed by atoms with E-state index in [-0.39, 0.29) is 6.54 Å². The molecule has 1 saturated carbocycles. The van der Waals surface area contributed by atoms with E-state index in [0.717, 1.165) is 56.8 Å². The maximum Gasteiger partial charge on any atom is 0.251 e. The van der Waals surface area contributed by atoms with Gasteiger partial charge in [0.2, 0.25) is 5.88 Å². The second-order valence-electron chi connectivity index (χ2n) is 6.84. The van der Waals surface area contributed by atoms with E-state index < -0.39 is 6.43 Å². The van der Waals surface area contributed by atoms with Gasteiger partial charge in [0, 0.05) is 24.3 Å². The van der Waals surface area contributed by atoms with Gasteiger partial charge in [-0.3, -0.25) is 4.90 Å². The Morgan fingerprint density at radius 1 is 1.21 bits per heavy atom. The second-order valence-corrected chi connectivity index (χ2v) is 6.84. The molecule has 1 aromatic heterocycles. The molecule has 0 bridgehead atoms. The first-order valence-electron chi connectivity index (χ1n) is 9.05. The molecule has 2 fully saturated rings. The van der Waals surface area contributed by atoms with E-state index in [1.807, 2.05) is 11.0 Å². The highest BCUT2D eigenvalue weighted by molar-refractivity contribution is 5.25. The zero-order valence-corrected chi connectivity index (χ0v) is 14.1. The molecular formula is C18H27F2N3O. The number of hydrogen-bond acceptors (Lipinski definition) is 4. The Kier molecular flexibility index (Phi) is 6.37. The first-order valence-corrected chi connectivity index (χ1v) is 9.05. The Morgan fingerprint density at radius 2 is 1.96 bits per heavy atom. The topological polar surface area (TPSA) is 37.4 Å². The van der Waals surface area contributed by atoms with Gasteiger partial charge in [0.25, 0.3) is 6.43 Å². The van der Waals surface area contributed by atoms with Gasteiger partial charge in [0.1, 0.15) is 6.10 Å². The average Bonchev–Trinajstić information content (AvgIpc) is 3.08. The summed E-state index contributed by atoms with van der Waals surface area (Å²) >= 11 is 0. The standard InChI is InChI=1S/C18H27F2N3O/c19-17(20)13-23-10-7-15(8-11-23)22-12-14-4-3-9-21-18(14)24-16-5-1-2-6-16/h3-4,9,15-17,22H,1-2,5-8,10-13H2. The lowest BCUT2D eigenvalue weighted by molar-refractivity contribution is 0.0729. The summed E-state index contributed by atoms with van der Waals surface area (Å²) in [6, 6.07) is 4.36. The molecule has 0 unspecified atom stereocenters. The maximum atomic E-state index is 12.4. The summed E-state index contributed by atoms with van der Waals surface area (Å²) in [5, 5.41) is 3.54. The number of rotatable bonds is 7. The molecule has 0 spiro atoms. The molecule has 6 heteroatoms. The molecule has 2 aliphatic rings. The molecule has 3 rings (SSSR count). The highest BCUT2D eigenvalue weighted by Crippen LogP contribution is 2.25. The third kappa shape index (κ3) is 5.11. The summed E-state index contributed by atoms with van der Waals surface area (Å²) in [7, 11) is 0. The molecule has 0 radical (unpaired) electrons. The molecule has 2 heterocycles. The van der Waals surface area contributed by atoms with Gasteiger partial charge in [0.05, 0.1) is 6.54 Å². The quantitative estimate of drug-likeness (QED) is 0.828. The number of alkyl halides is 2. The van der Waals surface area contributed by atoms with Crippen LogP contribution in [0.3, 0.4) is 0 Å². The van der Waals surface area contributed by atoms with Crippen molar-refractivity contribution in [2.75, 3.05) is 19.6 Å².